The molecule has 1 saturated heterocycles. The zero-order chi connectivity index (χ0) is 29.8. The molecule has 3 aromatic carbocycles. The van der Waals surface area contributed by atoms with Crippen LogP contribution in [0.3, 0.4) is 0 Å². The van der Waals surface area contributed by atoms with Crippen LogP contribution in [-0.2, 0) is 27.4 Å². The lowest BCUT2D eigenvalue weighted by molar-refractivity contribution is -0.142. The highest BCUT2D eigenvalue weighted by molar-refractivity contribution is 5.90. The van der Waals surface area contributed by atoms with E-state index in [2.05, 4.69) is 15.6 Å². The Balaban J connectivity index is 1.41. The highest BCUT2D eigenvalue weighted by atomic mass is 16.7. The average molecular weight is 588 g/mol. The minimum absolute atomic E-state index is 0.0838. The van der Waals surface area contributed by atoms with E-state index in [4.69, 9.17) is 23.7 Å². The molecule has 43 heavy (non-hydrogen) atoms. The summed E-state index contributed by atoms with van der Waals surface area (Å²) in [5.74, 6) is 1.27. The summed E-state index contributed by atoms with van der Waals surface area (Å²) in [7, 11) is 3.04. The molecule has 2 aliphatic rings. The number of carbonyl (C=O) groups excluding carboxylic acids is 2. The monoisotopic (exact) mass is 587 g/mol. The van der Waals surface area contributed by atoms with E-state index in [1.165, 1.54) is 23.8 Å². The van der Waals surface area contributed by atoms with Crippen LogP contribution in [0.15, 0.2) is 60.7 Å². The number of nitrogens with zero attached hydrogens (tertiary/aromatic N) is 4. The molecule has 6 rings (SSSR count). The van der Waals surface area contributed by atoms with Crippen molar-refractivity contribution in [2.75, 3.05) is 34.2 Å². The number of hydrogen-bond acceptors (Lipinski definition) is 9. The molecule has 3 heterocycles. The topological polar surface area (TPSA) is 126 Å². The van der Waals surface area contributed by atoms with E-state index in [1.807, 2.05) is 36.4 Å². The Kier molecular flexibility index (Phi) is 8.27. The number of benzene rings is 3. The summed E-state index contributed by atoms with van der Waals surface area (Å²) < 4.78 is 29.7. The van der Waals surface area contributed by atoms with Crippen LogP contribution in [0.4, 0.5) is 0 Å². The van der Waals surface area contributed by atoms with Crippen LogP contribution < -0.4 is 24.3 Å². The lowest BCUT2D eigenvalue weighted by Crippen LogP contribution is -2.46. The number of carbonyl (C=O) groups is 2. The van der Waals surface area contributed by atoms with E-state index in [0.29, 0.717) is 52.7 Å². The van der Waals surface area contributed by atoms with Gasteiger partial charge in [-0.05, 0) is 48.7 Å². The number of ether oxygens (including phenoxy) is 5. The van der Waals surface area contributed by atoms with E-state index < -0.39 is 6.04 Å². The van der Waals surface area contributed by atoms with E-state index in [9.17, 15) is 9.59 Å². The quantitative estimate of drug-likeness (QED) is 0.281. The molecule has 0 bridgehead atoms. The van der Waals surface area contributed by atoms with Crippen LogP contribution in [0.25, 0.3) is 11.0 Å². The van der Waals surface area contributed by atoms with Crippen molar-refractivity contribution in [1.29, 1.82) is 0 Å². The van der Waals surface area contributed by atoms with Gasteiger partial charge in [0.1, 0.15) is 18.1 Å². The van der Waals surface area contributed by atoms with Gasteiger partial charge < -0.3 is 33.9 Å². The zero-order valence-corrected chi connectivity index (χ0v) is 24.0. The molecule has 2 amide bonds. The van der Waals surface area contributed by atoms with Gasteiger partial charge in [0, 0.05) is 25.3 Å². The molecule has 1 N–H and O–H groups in total. The van der Waals surface area contributed by atoms with Gasteiger partial charge >= 0.3 is 0 Å². The van der Waals surface area contributed by atoms with Crippen molar-refractivity contribution in [1.82, 2.24) is 25.2 Å². The molecule has 2 aliphatic heterocycles. The SMILES string of the molecule is COc1cccc([C@H](C(=O)NC[C@@H]2CCCO2)N(Cc2ccc3c(c2)OCO3)C(=O)Cn2nnc3ccccc32)c1OC. The largest absolute Gasteiger partial charge is 0.493 e. The fraction of sp³-hybridized carbons (Fsp3) is 0.355. The fourth-order valence-electron chi connectivity index (χ4n) is 5.51. The Morgan fingerprint density at radius 3 is 2.74 bits per heavy atom. The van der Waals surface area contributed by atoms with Gasteiger partial charge in [0.25, 0.3) is 0 Å². The predicted molar refractivity (Wildman–Crippen MR) is 155 cm³/mol. The summed E-state index contributed by atoms with van der Waals surface area (Å²) in [6.07, 6.45) is 1.71. The number of hydrogen-bond donors (Lipinski definition) is 1. The molecule has 0 radical (unpaired) electrons. The molecule has 0 aliphatic carbocycles. The third-order valence-electron chi connectivity index (χ3n) is 7.63. The van der Waals surface area contributed by atoms with Crippen molar-refractivity contribution < 1.29 is 33.3 Å². The Bertz CT molecular complexity index is 1620. The molecule has 1 aromatic heterocycles. The third-order valence-corrected chi connectivity index (χ3v) is 7.63. The van der Waals surface area contributed by atoms with Crippen LogP contribution in [0, 0.1) is 0 Å². The third kappa shape index (κ3) is 5.91. The van der Waals surface area contributed by atoms with Crippen LogP contribution in [0.2, 0.25) is 0 Å². The lowest BCUT2D eigenvalue weighted by atomic mass is 10.0. The number of aromatic nitrogens is 3. The smallest absolute Gasteiger partial charge is 0.247 e. The average Bonchev–Trinajstić information content (AvgIpc) is 3.81. The summed E-state index contributed by atoms with van der Waals surface area (Å²) in [6, 6.07) is 17.1. The molecule has 2 atom stereocenters. The minimum atomic E-state index is -1.08. The second-order valence-electron chi connectivity index (χ2n) is 10.3. The number of para-hydroxylation sites is 2. The van der Waals surface area contributed by atoms with Crippen molar-refractivity contribution in [2.24, 2.45) is 0 Å². The van der Waals surface area contributed by atoms with Crippen molar-refractivity contribution in [3.8, 4) is 23.0 Å². The van der Waals surface area contributed by atoms with Crippen molar-refractivity contribution in [3.63, 3.8) is 0 Å². The second kappa shape index (κ2) is 12.6. The molecule has 12 heteroatoms. The van der Waals surface area contributed by atoms with Gasteiger partial charge in [-0.2, -0.15) is 0 Å². The molecule has 4 aromatic rings. The van der Waals surface area contributed by atoms with Crippen LogP contribution in [0.1, 0.15) is 30.0 Å². The summed E-state index contributed by atoms with van der Waals surface area (Å²) in [5.41, 5.74) is 2.60. The summed E-state index contributed by atoms with van der Waals surface area (Å²) in [6.45, 7) is 1.04. The fourth-order valence-corrected chi connectivity index (χ4v) is 5.51. The Hall–Kier alpha value is -4.84. The number of methoxy groups -OCH3 is 2. The Morgan fingerprint density at radius 2 is 1.93 bits per heavy atom. The minimum Gasteiger partial charge on any atom is -0.493 e. The molecule has 12 nitrogen and oxygen atoms in total. The lowest BCUT2D eigenvalue weighted by Gasteiger charge is -2.33. The normalized spacial score (nSPS) is 16.2. The van der Waals surface area contributed by atoms with Crippen LogP contribution in [-0.4, -0.2) is 72.0 Å². The first-order valence-electron chi connectivity index (χ1n) is 14.1. The summed E-state index contributed by atoms with van der Waals surface area (Å²) in [4.78, 5) is 30.0. The molecule has 0 spiro atoms. The van der Waals surface area contributed by atoms with Gasteiger partial charge in [0.05, 0.1) is 25.8 Å². The number of rotatable bonds is 11. The zero-order valence-electron chi connectivity index (χ0n) is 24.0. The first-order chi connectivity index (χ1) is 21.1. The van der Waals surface area contributed by atoms with E-state index in [0.717, 1.165) is 18.4 Å². The Labute approximate surface area is 248 Å². The molecule has 0 unspecified atom stereocenters. The maximum absolute atomic E-state index is 14.3. The second-order valence-corrected chi connectivity index (χ2v) is 10.3. The van der Waals surface area contributed by atoms with E-state index in [1.54, 1.807) is 24.3 Å². The van der Waals surface area contributed by atoms with Crippen molar-refractivity contribution >= 4 is 22.8 Å². The van der Waals surface area contributed by atoms with Crippen LogP contribution in [0.5, 0.6) is 23.0 Å². The van der Waals surface area contributed by atoms with Gasteiger partial charge in [-0.3, -0.25) is 9.59 Å². The maximum Gasteiger partial charge on any atom is 0.247 e. The van der Waals surface area contributed by atoms with Gasteiger partial charge in [-0.25, -0.2) is 4.68 Å². The highest BCUT2D eigenvalue weighted by Gasteiger charge is 2.36. The summed E-state index contributed by atoms with van der Waals surface area (Å²) >= 11 is 0. The first-order valence-corrected chi connectivity index (χ1v) is 14.1. The van der Waals surface area contributed by atoms with Crippen molar-refractivity contribution in [3.05, 3.63) is 71.8 Å². The van der Waals surface area contributed by atoms with Gasteiger partial charge in [0.2, 0.25) is 18.6 Å². The molecule has 1 fully saturated rings. The number of amides is 2. The molecule has 224 valence electrons. The highest BCUT2D eigenvalue weighted by Crippen LogP contribution is 2.39. The van der Waals surface area contributed by atoms with Crippen LogP contribution >= 0.6 is 0 Å². The van der Waals surface area contributed by atoms with Gasteiger partial charge in [0.15, 0.2) is 23.0 Å². The first kappa shape index (κ1) is 28.3. The summed E-state index contributed by atoms with van der Waals surface area (Å²) in [5, 5.41) is 11.4. The van der Waals surface area contributed by atoms with E-state index in [-0.39, 0.29) is 37.8 Å². The predicted octanol–water partition coefficient (Wildman–Crippen LogP) is 3.24. The van der Waals surface area contributed by atoms with Crippen molar-refractivity contribution in [2.45, 2.75) is 38.1 Å². The maximum atomic E-state index is 14.3. The Morgan fingerprint density at radius 1 is 1.07 bits per heavy atom. The standard InChI is InChI=1S/C31H33N5O7/c1-39-26-11-5-8-22(30(26)40-2)29(31(38)32-16-21-7-6-14-41-21)35(17-20-12-13-25-27(15-20)43-19-42-25)28(37)18-36-24-10-4-3-9-23(24)33-34-36/h3-5,8-13,15,21,29H,6-7,14,16-19H2,1-2H3,(H,32,38)/t21-,29+/m0/s1. The number of fused-ring (bicyclic) bond motifs is 2. The molecule has 0 saturated carbocycles. The van der Waals surface area contributed by atoms with Gasteiger partial charge in [-0.1, -0.05) is 35.5 Å². The molecular weight excluding hydrogens is 554 g/mol. The number of nitrogens with one attached hydrogen (secondary N) is 1. The van der Waals surface area contributed by atoms with E-state index >= 15 is 0 Å². The molecular formula is C31H33N5O7. The van der Waals surface area contributed by atoms with Gasteiger partial charge in [-0.15, -0.1) is 5.10 Å².